The van der Waals surface area contributed by atoms with Crippen molar-refractivity contribution in [2.24, 2.45) is 5.73 Å². The minimum atomic E-state index is -0.477. The van der Waals surface area contributed by atoms with Gasteiger partial charge in [-0.15, -0.1) is 0 Å². The van der Waals surface area contributed by atoms with Gasteiger partial charge in [0.25, 0.3) is 0 Å². The quantitative estimate of drug-likeness (QED) is 0.604. The van der Waals surface area contributed by atoms with E-state index in [0.717, 1.165) is 12.8 Å². The van der Waals surface area contributed by atoms with Crippen LogP contribution in [-0.4, -0.2) is 17.5 Å². The average Bonchev–Trinajstić information content (AvgIpc) is 2.96. The summed E-state index contributed by atoms with van der Waals surface area (Å²) in [6.45, 7) is 4.13. The number of unbranched alkanes of at least 4 members (excludes halogenated alkanes) is 3. The maximum absolute atomic E-state index is 11.4. The fourth-order valence-corrected chi connectivity index (χ4v) is 1.85. The molecular formula is C12H24N2O. The predicted octanol–water partition coefficient (Wildman–Crippen LogP) is 1.95. The van der Waals surface area contributed by atoms with Crippen molar-refractivity contribution in [3.8, 4) is 0 Å². The minimum absolute atomic E-state index is 0.203. The summed E-state index contributed by atoms with van der Waals surface area (Å²) in [7, 11) is 0. The zero-order valence-electron chi connectivity index (χ0n) is 10.0. The van der Waals surface area contributed by atoms with Crippen molar-refractivity contribution < 1.29 is 4.79 Å². The fraction of sp³-hybridized carbons (Fsp3) is 0.917. The van der Waals surface area contributed by atoms with E-state index in [9.17, 15) is 4.79 Å². The van der Waals surface area contributed by atoms with Gasteiger partial charge >= 0.3 is 0 Å². The number of nitrogens with two attached hydrogens (primary N) is 1. The van der Waals surface area contributed by atoms with Gasteiger partial charge in [-0.2, -0.15) is 0 Å². The summed E-state index contributed by atoms with van der Waals surface area (Å²) in [6, 6.07) is 0.536. The highest BCUT2D eigenvalue weighted by molar-refractivity contribution is 5.84. The molecule has 1 aliphatic carbocycles. The van der Waals surface area contributed by atoms with Crippen molar-refractivity contribution in [2.75, 3.05) is 0 Å². The Bertz CT molecular complexity index is 214. The highest BCUT2D eigenvalue weighted by Crippen LogP contribution is 2.25. The van der Waals surface area contributed by atoms with Gasteiger partial charge in [-0.05, 0) is 26.2 Å². The number of carbonyl (C=O) groups excluding carboxylic acids is 1. The maximum Gasteiger partial charge on any atom is 0.237 e. The molecule has 0 bridgehead atoms. The molecule has 3 nitrogen and oxygen atoms in total. The van der Waals surface area contributed by atoms with E-state index in [1.807, 2.05) is 6.92 Å². The van der Waals surface area contributed by atoms with Crippen molar-refractivity contribution >= 4 is 5.91 Å². The van der Waals surface area contributed by atoms with Crippen LogP contribution < -0.4 is 11.1 Å². The summed E-state index contributed by atoms with van der Waals surface area (Å²) in [6.07, 6.45) is 8.02. The van der Waals surface area contributed by atoms with Crippen LogP contribution >= 0.6 is 0 Å². The first-order valence-corrected chi connectivity index (χ1v) is 6.16. The zero-order valence-corrected chi connectivity index (χ0v) is 10.0. The van der Waals surface area contributed by atoms with Crippen LogP contribution in [0.2, 0.25) is 0 Å². The fourth-order valence-electron chi connectivity index (χ4n) is 1.85. The molecule has 1 amide bonds. The first-order valence-electron chi connectivity index (χ1n) is 6.16. The van der Waals surface area contributed by atoms with E-state index >= 15 is 0 Å². The van der Waals surface area contributed by atoms with Crippen LogP contribution in [0.25, 0.3) is 0 Å². The summed E-state index contributed by atoms with van der Waals surface area (Å²) in [5.41, 5.74) is 4.98. The monoisotopic (exact) mass is 212 g/mol. The zero-order chi connectivity index (χ0) is 11.3. The summed E-state index contributed by atoms with van der Waals surface area (Å²) in [5, 5.41) is 3.37. The van der Waals surface area contributed by atoms with E-state index in [0.29, 0.717) is 6.04 Å². The molecule has 0 radical (unpaired) electrons. The van der Waals surface area contributed by atoms with Gasteiger partial charge in [0, 0.05) is 6.04 Å². The average molecular weight is 212 g/mol. The van der Waals surface area contributed by atoms with Crippen LogP contribution in [0.15, 0.2) is 0 Å². The number of primary amides is 1. The van der Waals surface area contributed by atoms with Gasteiger partial charge in [0.2, 0.25) is 5.91 Å². The molecule has 0 aromatic carbocycles. The highest BCUT2D eigenvalue weighted by Gasteiger charge is 2.36. The lowest BCUT2D eigenvalue weighted by Gasteiger charge is -2.27. The summed E-state index contributed by atoms with van der Waals surface area (Å²) >= 11 is 0. The molecule has 1 unspecified atom stereocenters. The Labute approximate surface area is 92.8 Å². The Morgan fingerprint density at radius 1 is 1.40 bits per heavy atom. The smallest absolute Gasteiger partial charge is 0.237 e. The molecule has 3 heteroatoms. The molecule has 0 aliphatic heterocycles. The lowest BCUT2D eigenvalue weighted by molar-refractivity contribution is -0.124. The van der Waals surface area contributed by atoms with Crippen molar-refractivity contribution in [1.82, 2.24) is 5.32 Å². The third kappa shape index (κ3) is 4.20. The van der Waals surface area contributed by atoms with Crippen LogP contribution in [0.4, 0.5) is 0 Å². The number of amides is 1. The molecular weight excluding hydrogens is 188 g/mol. The Morgan fingerprint density at radius 3 is 2.53 bits per heavy atom. The molecule has 15 heavy (non-hydrogen) atoms. The molecule has 1 saturated carbocycles. The van der Waals surface area contributed by atoms with Crippen LogP contribution in [0.1, 0.15) is 58.8 Å². The summed E-state index contributed by atoms with van der Waals surface area (Å²) < 4.78 is 0. The van der Waals surface area contributed by atoms with E-state index < -0.39 is 5.54 Å². The Hall–Kier alpha value is -0.570. The first kappa shape index (κ1) is 12.5. The standard InChI is InChI=1S/C12H24N2O/c1-3-4-5-6-9-12(2,11(13)15)14-10-7-8-10/h10,14H,3-9H2,1-2H3,(H2,13,15). The van der Waals surface area contributed by atoms with E-state index in [-0.39, 0.29) is 5.91 Å². The molecule has 88 valence electrons. The maximum atomic E-state index is 11.4. The molecule has 0 spiro atoms. The minimum Gasteiger partial charge on any atom is -0.368 e. The molecule has 0 aromatic heterocycles. The molecule has 1 fully saturated rings. The Kier molecular flexibility index (Phi) is 4.58. The summed E-state index contributed by atoms with van der Waals surface area (Å²) in [4.78, 5) is 11.4. The van der Waals surface area contributed by atoms with Gasteiger partial charge in [0.1, 0.15) is 0 Å². The highest BCUT2D eigenvalue weighted by atomic mass is 16.1. The lowest BCUT2D eigenvalue weighted by Crippen LogP contribution is -2.53. The van der Waals surface area contributed by atoms with Gasteiger partial charge in [-0.3, -0.25) is 4.79 Å². The molecule has 1 atom stereocenters. The third-order valence-corrected chi connectivity index (χ3v) is 3.17. The summed E-state index contributed by atoms with van der Waals surface area (Å²) in [5.74, 6) is -0.203. The molecule has 3 N–H and O–H groups in total. The topological polar surface area (TPSA) is 55.1 Å². The van der Waals surface area contributed by atoms with Crippen molar-refractivity contribution in [3.05, 3.63) is 0 Å². The molecule has 0 aromatic rings. The van der Waals surface area contributed by atoms with Gasteiger partial charge in [-0.1, -0.05) is 32.6 Å². The molecule has 0 heterocycles. The number of hydrogen-bond donors (Lipinski definition) is 2. The largest absolute Gasteiger partial charge is 0.368 e. The van der Waals surface area contributed by atoms with Crippen LogP contribution in [0.3, 0.4) is 0 Å². The van der Waals surface area contributed by atoms with Crippen LogP contribution in [0, 0.1) is 0 Å². The second-order valence-corrected chi connectivity index (χ2v) is 4.93. The number of rotatable bonds is 8. The number of nitrogens with one attached hydrogen (secondary N) is 1. The van der Waals surface area contributed by atoms with Gasteiger partial charge < -0.3 is 11.1 Å². The van der Waals surface area contributed by atoms with E-state index in [4.69, 9.17) is 5.73 Å². The van der Waals surface area contributed by atoms with Crippen molar-refractivity contribution in [2.45, 2.75) is 70.4 Å². The van der Waals surface area contributed by atoms with Gasteiger partial charge in [0.05, 0.1) is 5.54 Å². The van der Waals surface area contributed by atoms with Gasteiger partial charge in [0.15, 0.2) is 0 Å². The predicted molar refractivity (Wildman–Crippen MR) is 62.5 cm³/mol. The number of carbonyl (C=O) groups is 1. The number of hydrogen-bond acceptors (Lipinski definition) is 2. The molecule has 0 saturated heterocycles. The second-order valence-electron chi connectivity index (χ2n) is 4.93. The van der Waals surface area contributed by atoms with Crippen LogP contribution in [0.5, 0.6) is 0 Å². The molecule has 1 rings (SSSR count). The van der Waals surface area contributed by atoms with Crippen molar-refractivity contribution in [1.29, 1.82) is 0 Å². The van der Waals surface area contributed by atoms with Gasteiger partial charge in [-0.25, -0.2) is 0 Å². The van der Waals surface area contributed by atoms with Crippen molar-refractivity contribution in [3.63, 3.8) is 0 Å². The van der Waals surface area contributed by atoms with E-state index in [1.54, 1.807) is 0 Å². The van der Waals surface area contributed by atoms with E-state index in [1.165, 1.54) is 32.1 Å². The normalized spacial score (nSPS) is 19.9. The van der Waals surface area contributed by atoms with E-state index in [2.05, 4.69) is 12.2 Å². The molecule has 1 aliphatic rings. The third-order valence-electron chi connectivity index (χ3n) is 3.17. The van der Waals surface area contributed by atoms with Crippen LogP contribution in [-0.2, 0) is 4.79 Å². The second kappa shape index (κ2) is 5.50. The Morgan fingerprint density at radius 2 is 2.07 bits per heavy atom. The SMILES string of the molecule is CCCCCCC(C)(NC1CC1)C(N)=O. The lowest BCUT2D eigenvalue weighted by atomic mass is 9.93. The first-order chi connectivity index (χ1) is 7.08. The Balaban J connectivity index is 2.31.